The van der Waals surface area contributed by atoms with E-state index < -0.39 is 12.0 Å². The topological polar surface area (TPSA) is 67.8 Å². The Morgan fingerprint density at radius 3 is 2.56 bits per heavy atom. The van der Waals surface area contributed by atoms with Crippen molar-refractivity contribution >= 4 is 21.9 Å². The number of carboxylic acids is 1. The van der Waals surface area contributed by atoms with Crippen LogP contribution in [0.1, 0.15) is 30.5 Å². The van der Waals surface area contributed by atoms with Gasteiger partial charge in [0.05, 0.1) is 11.6 Å². The standard InChI is InChI=1S/C21H26BrNO4/c1-13(2)19(21(24)25)23-11-16-9-17(22)20(18(10-16)26-4)27-12-15-7-5-6-14(3)8-15/h5-10,13,19,23H,11-12H2,1-4H3,(H,24,25). The number of hydrogen-bond acceptors (Lipinski definition) is 4. The number of hydrogen-bond donors (Lipinski definition) is 2. The normalized spacial score (nSPS) is 12.1. The van der Waals surface area contributed by atoms with Gasteiger partial charge in [0.25, 0.3) is 0 Å². The van der Waals surface area contributed by atoms with Gasteiger partial charge in [-0.3, -0.25) is 4.79 Å². The Labute approximate surface area is 168 Å². The predicted octanol–water partition coefficient (Wildman–Crippen LogP) is 4.54. The molecule has 2 N–H and O–H groups in total. The minimum atomic E-state index is -0.853. The van der Waals surface area contributed by atoms with Crippen LogP contribution in [-0.2, 0) is 17.9 Å². The molecular weight excluding hydrogens is 410 g/mol. The summed E-state index contributed by atoms with van der Waals surface area (Å²) in [4.78, 5) is 11.3. The summed E-state index contributed by atoms with van der Waals surface area (Å²) in [5.74, 6) is 0.366. The van der Waals surface area contributed by atoms with E-state index in [4.69, 9.17) is 9.47 Å². The SMILES string of the molecule is COc1cc(CNC(C(=O)O)C(C)C)cc(Br)c1OCc1cccc(C)c1. The third kappa shape index (κ3) is 5.97. The van der Waals surface area contributed by atoms with Gasteiger partial charge >= 0.3 is 5.97 Å². The number of ether oxygens (including phenoxy) is 2. The van der Waals surface area contributed by atoms with Crippen LogP contribution in [0.5, 0.6) is 11.5 Å². The third-order valence-electron chi connectivity index (χ3n) is 4.21. The molecule has 0 saturated carbocycles. The van der Waals surface area contributed by atoms with E-state index in [-0.39, 0.29) is 5.92 Å². The van der Waals surface area contributed by atoms with Crippen LogP contribution in [0.2, 0.25) is 0 Å². The predicted molar refractivity (Wildman–Crippen MR) is 109 cm³/mol. The number of nitrogens with one attached hydrogen (secondary N) is 1. The average molecular weight is 436 g/mol. The highest BCUT2D eigenvalue weighted by Crippen LogP contribution is 2.37. The molecule has 2 aromatic rings. The van der Waals surface area contributed by atoms with Gasteiger partial charge in [-0.05, 0) is 52.0 Å². The first-order chi connectivity index (χ1) is 12.8. The lowest BCUT2D eigenvalue weighted by atomic mass is 10.0. The summed E-state index contributed by atoms with van der Waals surface area (Å²) < 4.78 is 12.2. The van der Waals surface area contributed by atoms with Crippen LogP contribution < -0.4 is 14.8 Å². The van der Waals surface area contributed by atoms with Gasteiger partial charge in [0, 0.05) is 6.54 Å². The number of carboxylic acid groups (broad SMARTS) is 1. The summed E-state index contributed by atoms with van der Waals surface area (Å²) in [5.41, 5.74) is 3.17. The molecule has 5 nitrogen and oxygen atoms in total. The van der Waals surface area contributed by atoms with E-state index in [0.29, 0.717) is 24.7 Å². The maximum atomic E-state index is 11.3. The summed E-state index contributed by atoms with van der Waals surface area (Å²) in [6.07, 6.45) is 0. The highest BCUT2D eigenvalue weighted by Gasteiger charge is 2.21. The largest absolute Gasteiger partial charge is 0.493 e. The van der Waals surface area contributed by atoms with Gasteiger partial charge < -0.3 is 19.9 Å². The van der Waals surface area contributed by atoms with E-state index in [9.17, 15) is 9.90 Å². The number of halogens is 1. The van der Waals surface area contributed by atoms with Gasteiger partial charge in [0.1, 0.15) is 12.6 Å². The number of aliphatic carboxylic acids is 1. The molecule has 0 aliphatic heterocycles. The van der Waals surface area contributed by atoms with Crippen molar-refractivity contribution in [2.24, 2.45) is 5.92 Å². The zero-order valence-electron chi connectivity index (χ0n) is 16.1. The third-order valence-corrected chi connectivity index (χ3v) is 4.80. The Bertz CT molecular complexity index is 792. The second-order valence-corrected chi connectivity index (χ2v) is 7.68. The molecule has 0 amide bonds. The van der Waals surface area contributed by atoms with Crippen LogP contribution in [0, 0.1) is 12.8 Å². The highest BCUT2D eigenvalue weighted by atomic mass is 79.9. The molecule has 0 fully saturated rings. The maximum absolute atomic E-state index is 11.3. The molecule has 2 aromatic carbocycles. The molecule has 1 unspecified atom stereocenters. The van der Waals surface area contributed by atoms with Crippen molar-refractivity contribution in [3.8, 4) is 11.5 Å². The van der Waals surface area contributed by atoms with E-state index >= 15 is 0 Å². The summed E-state index contributed by atoms with van der Waals surface area (Å²) in [6.45, 7) is 6.66. The molecule has 6 heteroatoms. The van der Waals surface area contributed by atoms with Crippen LogP contribution in [-0.4, -0.2) is 24.2 Å². The van der Waals surface area contributed by atoms with E-state index in [1.165, 1.54) is 5.56 Å². The Morgan fingerprint density at radius 2 is 1.96 bits per heavy atom. The minimum Gasteiger partial charge on any atom is -0.493 e. The molecule has 0 aromatic heterocycles. The molecule has 0 spiro atoms. The Hall–Kier alpha value is -2.05. The van der Waals surface area contributed by atoms with E-state index in [1.54, 1.807) is 7.11 Å². The van der Waals surface area contributed by atoms with Gasteiger partial charge in [-0.1, -0.05) is 43.7 Å². The first-order valence-electron chi connectivity index (χ1n) is 8.82. The maximum Gasteiger partial charge on any atom is 0.320 e. The molecule has 0 aliphatic carbocycles. The van der Waals surface area contributed by atoms with Crippen molar-refractivity contribution in [1.82, 2.24) is 5.32 Å². The molecule has 0 heterocycles. The lowest BCUT2D eigenvalue weighted by Crippen LogP contribution is -2.40. The molecule has 0 bridgehead atoms. The summed E-state index contributed by atoms with van der Waals surface area (Å²) in [7, 11) is 1.59. The number of carbonyl (C=O) groups is 1. The van der Waals surface area contributed by atoms with Gasteiger partial charge in [-0.2, -0.15) is 0 Å². The van der Waals surface area contributed by atoms with Crippen LogP contribution in [0.3, 0.4) is 0 Å². The molecule has 0 radical (unpaired) electrons. The van der Waals surface area contributed by atoms with Crippen molar-refractivity contribution in [1.29, 1.82) is 0 Å². The number of benzene rings is 2. The fraction of sp³-hybridized carbons (Fsp3) is 0.381. The average Bonchev–Trinajstić information content (AvgIpc) is 2.60. The van der Waals surface area contributed by atoms with Gasteiger partial charge in [0.2, 0.25) is 0 Å². The van der Waals surface area contributed by atoms with Crippen LogP contribution >= 0.6 is 15.9 Å². The lowest BCUT2D eigenvalue weighted by molar-refractivity contribution is -0.140. The second kappa shape index (κ2) is 9.76. The molecule has 2 rings (SSSR count). The quantitative estimate of drug-likeness (QED) is 0.604. The minimum absolute atomic E-state index is 0.00947. The zero-order chi connectivity index (χ0) is 20.0. The first kappa shape index (κ1) is 21.3. The van der Waals surface area contributed by atoms with E-state index in [2.05, 4.69) is 27.3 Å². The van der Waals surface area contributed by atoms with Gasteiger partial charge in [0.15, 0.2) is 11.5 Å². The monoisotopic (exact) mass is 435 g/mol. The molecule has 0 saturated heterocycles. The molecular formula is C21H26BrNO4. The first-order valence-corrected chi connectivity index (χ1v) is 9.62. The van der Waals surface area contributed by atoms with E-state index in [0.717, 1.165) is 15.6 Å². The Morgan fingerprint density at radius 1 is 1.22 bits per heavy atom. The second-order valence-electron chi connectivity index (χ2n) is 6.83. The lowest BCUT2D eigenvalue weighted by Gasteiger charge is -2.19. The van der Waals surface area contributed by atoms with Crippen molar-refractivity contribution in [3.05, 3.63) is 57.6 Å². The molecule has 146 valence electrons. The highest BCUT2D eigenvalue weighted by molar-refractivity contribution is 9.10. The zero-order valence-corrected chi connectivity index (χ0v) is 17.7. The van der Waals surface area contributed by atoms with Gasteiger partial charge in [-0.25, -0.2) is 0 Å². The summed E-state index contributed by atoms with van der Waals surface area (Å²) >= 11 is 3.54. The van der Waals surface area contributed by atoms with Crippen LogP contribution in [0.4, 0.5) is 0 Å². The summed E-state index contributed by atoms with van der Waals surface area (Å²) in [5, 5.41) is 12.4. The fourth-order valence-electron chi connectivity index (χ4n) is 2.81. The molecule has 1 atom stereocenters. The van der Waals surface area contributed by atoms with Crippen molar-refractivity contribution in [3.63, 3.8) is 0 Å². The van der Waals surface area contributed by atoms with Gasteiger partial charge in [-0.15, -0.1) is 0 Å². The van der Waals surface area contributed by atoms with E-state index in [1.807, 2.05) is 51.1 Å². The number of rotatable bonds is 9. The summed E-state index contributed by atoms with van der Waals surface area (Å²) in [6, 6.07) is 11.3. The molecule has 0 aliphatic rings. The molecule has 27 heavy (non-hydrogen) atoms. The number of aryl methyl sites for hydroxylation is 1. The van der Waals surface area contributed by atoms with Crippen molar-refractivity contribution < 1.29 is 19.4 Å². The number of methoxy groups -OCH3 is 1. The van der Waals surface area contributed by atoms with Crippen LogP contribution in [0.25, 0.3) is 0 Å². The van der Waals surface area contributed by atoms with Crippen LogP contribution in [0.15, 0.2) is 40.9 Å². The van der Waals surface area contributed by atoms with Crippen molar-refractivity contribution in [2.45, 2.75) is 40.0 Å². The fourth-order valence-corrected chi connectivity index (χ4v) is 3.41. The van der Waals surface area contributed by atoms with Crippen molar-refractivity contribution in [2.75, 3.05) is 7.11 Å². The Kier molecular flexibility index (Phi) is 7.68. The smallest absolute Gasteiger partial charge is 0.320 e. The Balaban J connectivity index is 2.13.